The van der Waals surface area contributed by atoms with Gasteiger partial charge >= 0.3 is 6.18 Å². The van der Waals surface area contributed by atoms with Crippen LogP contribution in [0.15, 0.2) is 41.5 Å². The Morgan fingerprint density at radius 2 is 1.88 bits per heavy atom. The van der Waals surface area contributed by atoms with Gasteiger partial charge in [0.15, 0.2) is 5.84 Å². The van der Waals surface area contributed by atoms with Gasteiger partial charge in [0.2, 0.25) is 5.91 Å². The summed E-state index contributed by atoms with van der Waals surface area (Å²) in [5, 5.41) is 16.4. The summed E-state index contributed by atoms with van der Waals surface area (Å²) in [5.74, 6) is 5.35. The van der Waals surface area contributed by atoms with Crippen LogP contribution in [0.25, 0.3) is 0 Å². The molecule has 3 rings (SSSR count). The highest BCUT2D eigenvalue weighted by Gasteiger charge is 2.33. The van der Waals surface area contributed by atoms with Gasteiger partial charge in [-0.25, -0.2) is 5.53 Å². The van der Waals surface area contributed by atoms with Crippen molar-refractivity contribution < 1.29 is 23.1 Å². The third-order valence-electron chi connectivity index (χ3n) is 4.87. The molecule has 1 aliphatic rings. The molecule has 0 spiro atoms. The molecular formula is C23H24F3N5O2. The molecule has 5 N–H and O–H groups in total. The fourth-order valence-electron chi connectivity index (χ4n) is 3.11. The molecule has 0 unspecified atom stereocenters. The number of phenolic OH excluding ortho intramolecular Hbond substituents is 1. The number of hydrazone groups is 1. The Morgan fingerprint density at radius 3 is 2.55 bits per heavy atom. The van der Waals surface area contributed by atoms with E-state index in [0.717, 1.165) is 17.2 Å². The second-order valence-electron chi connectivity index (χ2n) is 7.72. The van der Waals surface area contributed by atoms with Gasteiger partial charge in [-0.15, -0.1) is 10.6 Å². The number of nitrogens with one attached hydrogen (secondary N) is 4. The number of hydrazine groups is 2. The van der Waals surface area contributed by atoms with E-state index >= 15 is 0 Å². The Kier molecular flexibility index (Phi) is 7.45. The largest absolute Gasteiger partial charge is 0.508 e. The maximum atomic E-state index is 13.3. The van der Waals surface area contributed by atoms with Crippen LogP contribution in [0.5, 0.6) is 5.75 Å². The molecule has 1 amide bonds. The van der Waals surface area contributed by atoms with Crippen molar-refractivity contribution in [3.63, 3.8) is 0 Å². The van der Waals surface area contributed by atoms with E-state index in [1.807, 2.05) is 19.9 Å². The second kappa shape index (κ2) is 10.3. The molecule has 2 aromatic carbocycles. The van der Waals surface area contributed by atoms with Crippen LogP contribution in [0.2, 0.25) is 0 Å². The molecule has 0 saturated heterocycles. The number of alkyl halides is 3. The minimum Gasteiger partial charge on any atom is -0.508 e. The lowest BCUT2D eigenvalue weighted by atomic mass is 9.98. The van der Waals surface area contributed by atoms with E-state index < -0.39 is 17.5 Å². The van der Waals surface area contributed by atoms with Gasteiger partial charge in [-0.3, -0.25) is 10.2 Å². The zero-order valence-electron chi connectivity index (χ0n) is 18.1. The maximum absolute atomic E-state index is 13.3. The molecule has 0 atom stereocenters. The first-order valence-corrected chi connectivity index (χ1v) is 10.3. The summed E-state index contributed by atoms with van der Waals surface area (Å²) >= 11 is 0. The Balaban J connectivity index is 1.88. The van der Waals surface area contributed by atoms with Gasteiger partial charge in [0, 0.05) is 29.2 Å². The number of aryl methyl sites for hydroxylation is 1. The normalized spacial score (nSPS) is 13.0. The van der Waals surface area contributed by atoms with Crippen molar-refractivity contribution in [1.82, 2.24) is 21.8 Å². The lowest BCUT2D eigenvalue weighted by Gasteiger charge is -2.11. The average molecular weight is 459 g/mol. The molecule has 0 aliphatic carbocycles. The van der Waals surface area contributed by atoms with Crippen LogP contribution in [-0.4, -0.2) is 23.4 Å². The minimum atomic E-state index is -4.64. The molecule has 7 nitrogen and oxygen atoms in total. The van der Waals surface area contributed by atoms with E-state index in [4.69, 9.17) is 0 Å². The minimum absolute atomic E-state index is 0.0440. The van der Waals surface area contributed by atoms with Crippen LogP contribution in [0.3, 0.4) is 0 Å². The monoisotopic (exact) mass is 459 g/mol. The summed E-state index contributed by atoms with van der Waals surface area (Å²) in [7, 11) is 0. The summed E-state index contributed by atoms with van der Waals surface area (Å²) in [6.07, 6.45) is -3.47. The van der Waals surface area contributed by atoms with Crippen LogP contribution in [0, 0.1) is 17.8 Å². The molecule has 0 aromatic heterocycles. The summed E-state index contributed by atoms with van der Waals surface area (Å²) in [5.41, 5.74) is 8.99. The van der Waals surface area contributed by atoms with Gasteiger partial charge < -0.3 is 10.4 Å². The highest BCUT2D eigenvalue weighted by molar-refractivity contribution is 5.99. The quantitative estimate of drug-likeness (QED) is 0.338. The van der Waals surface area contributed by atoms with E-state index in [-0.39, 0.29) is 17.4 Å². The number of hydrogen-bond acceptors (Lipinski definition) is 6. The fraction of sp³-hybridized carbons (Fsp3) is 0.304. The highest BCUT2D eigenvalue weighted by Crippen LogP contribution is 2.33. The smallest absolute Gasteiger partial charge is 0.417 e. The van der Waals surface area contributed by atoms with Crippen LogP contribution < -0.4 is 21.8 Å². The van der Waals surface area contributed by atoms with Crippen molar-refractivity contribution in [2.45, 2.75) is 32.9 Å². The molecule has 33 heavy (non-hydrogen) atoms. The van der Waals surface area contributed by atoms with Crippen molar-refractivity contribution in [2.24, 2.45) is 11.0 Å². The first-order chi connectivity index (χ1) is 15.6. The number of amides is 1. The van der Waals surface area contributed by atoms with Gasteiger partial charge in [-0.05, 0) is 54.8 Å². The van der Waals surface area contributed by atoms with E-state index in [1.165, 1.54) is 6.07 Å². The maximum Gasteiger partial charge on any atom is 0.417 e. The number of amidine groups is 1. The number of halogens is 3. The Labute approximate surface area is 189 Å². The van der Waals surface area contributed by atoms with Crippen molar-refractivity contribution in [3.8, 4) is 17.6 Å². The summed E-state index contributed by atoms with van der Waals surface area (Å²) in [6.45, 7) is 4.08. The van der Waals surface area contributed by atoms with Crippen molar-refractivity contribution in [3.05, 3.63) is 64.2 Å². The van der Waals surface area contributed by atoms with Gasteiger partial charge in [-0.2, -0.15) is 13.2 Å². The summed E-state index contributed by atoms with van der Waals surface area (Å²) < 4.78 is 40.0. The molecule has 1 aliphatic heterocycles. The fourth-order valence-corrected chi connectivity index (χ4v) is 3.11. The molecule has 174 valence electrons. The van der Waals surface area contributed by atoms with Crippen LogP contribution in [0.4, 0.5) is 13.2 Å². The van der Waals surface area contributed by atoms with Crippen LogP contribution in [-0.2, 0) is 17.4 Å². The number of phenols is 1. The van der Waals surface area contributed by atoms with Crippen LogP contribution >= 0.6 is 0 Å². The van der Waals surface area contributed by atoms with Gasteiger partial charge in [0.25, 0.3) is 0 Å². The number of hydrogen-bond donors (Lipinski definition) is 5. The molecule has 10 heteroatoms. The first-order valence-electron chi connectivity index (χ1n) is 10.3. The highest BCUT2D eigenvalue weighted by atomic mass is 19.4. The van der Waals surface area contributed by atoms with E-state index in [2.05, 4.69) is 38.8 Å². The molecule has 0 saturated carbocycles. The summed E-state index contributed by atoms with van der Waals surface area (Å²) in [6, 6.07) is 8.32. The Bertz CT molecular complexity index is 1120. The number of nitrogens with zero attached hydrogens (tertiary/aromatic N) is 1. The third-order valence-corrected chi connectivity index (χ3v) is 4.87. The van der Waals surface area contributed by atoms with Crippen LogP contribution in [0.1, 0.15) is 48.1 Å². The molecule has 0 fully saturated rings. The second-order valence-corrected chi connectivity index (χ2v) is 7.72. The zero-order valence-corrected chi connectivity index (χ0v) is 18.1. The SMILES string of the molecule is CC(C)C(=O)NCCCc1cc(C2=NNNN2)ccc1C#Cc1ccc(O)cc1C(F)(F)F. The standard InChI is InChI=1S/C23H24F3N5O2/c1-14(2)22(33)27-11-3-4-17-12-18(21-28-30-31-29-21)8-6-15(17)5-7-16-9-10-19(32)13-20(16)23(24,25)26/h6,8-10,12-14,30-32H,3-4,11H2,1-2H3,(H,27,33)(H,28,29). The third kappa shape index (κ3) is 6.40. The molecule has 1 heterocycles. The van der Waals surface area contributed by atoms with E-state index in [1.54, 1.807) is 12.1 Å². The average Bonchev–Trinajstić information content (AvgIpc) is 3.30. The molecule has 0 radical (unpaired) electrons. The van der Waals surface area contributed by atoms with Gasteiger partial charge in [-0.1, -0.05) is 25.7 Å². The molecule has 0 bridgehead atoms. The molecular weight excluding hydrogens is 435 g/mol. The number of aromatic hydroxyl groups is 1. The summed E-state index contributed by atoms with van der Waals surface area (Å²) in [4.78, 5) is 11.8. The van der Waals surface area contributed by atoms with E-state index in [9.17, 15) is 23.1 Å². The van der Waals surface area contributed by atoms with Crippen molar-refractivity contribution in [1.29, 1.82) is 0 Å². The first kappa shape index (κ1) is 23.9. The predicted molar refractivity (Wildman–Crippen MR) is 118 cm³/mol. The Morgan fingerprint density at radius 1 is 1.15 bits per heavy atom. The van der Waals surface area contributed by atoms with Crippen molar-refractivity contribution >= 4 is 11.7 Å². The topological polar surface area (TPSA) is 97.8 Å². The van der Waals surface area contributed by atoms with E-state index in [0.29, 0.717) is 36.9 Å². The van der Waals surface area contributed by atoms with Gasteiger partial charge in [0.05, 0.1) is 5.56 Å². The zero-order chi connectivity index (χ0) is 24.0. The Hall–Kier alpha value is -3.71. The lowest BCUT2D eigenvalue weighted by molar-refractivity contribution is -0.137. The molecule has 2 aromatic rings. The number of benzene rings is 2. The number of rotatable bonds is 6. The number of carbonyl (C=O) groups excluding carboxylic acids is 1. The predicted octanol–water partition coefficient (Wildman–Crippen LogP) is 2.79. The lowest BCUT2D eigenvalue weighted by Crippen LogP contribution is -2.35. The van der Waals surface area contributed by atoms with Crippen molar-refractivity contribution in [2.75, 3.05) is 6.54 Å². The van der Waals surface area contributed by atoms with Gasteiger partial charge in [0.1, 0.15) is 5.75 Å². The number of carbonyl (C=O) groups is 1.